The molecule has 5 nitrogen and oxygen atoms in total. The van der Waals surface area contributed by atoms with Crippen LogP contribution in [0.15, 0.2) is 47.3 Å². The Bertz CT molecular complexity index is 933. The Labute approximate surface area is 165 Å². The molecule has 0 aliphatic carbocycles. The SMILES string of the molecule is CC(C)(CO)CC(=O)N1C[C@@H]2C[C@H](C1)c1cc(-c3ccccc3)cc(=O)n1C2. The highest BCUT2D eigenvalue weighted by Gasteiger charge is 2.37. The molecule has 28 heavy (non-hydrogen) atoms. The van der Waals surface area contributed by atoms with E-state index in [2.05, 4.69) is 6.07 Å². The summed E-state index contributed by atoms with van der Waals surface area (Å²) in [5, 5.41) is 9.49. The molecule has 148 valence electrons. The summed E-state index contributed by atoms with van der Waals surface area (Å²) < 4.78 is 1.91. The van der Waals surface area contributed by atoms with Gasteiger partial charge in [-0.3, -0.25) is 9.59 Å². The number of aliphatic hydroxyl groups excluding tert-OH is 1. The number of aromatic nitrogens is 1. The van der Waals surface area contributed by atoms with Gasteiger partial charge in [0.1, 0.15) is 0 Å². The van der Waals surface area contributed by atoms with Gasteiger partial charge >= 0.3 is 0 Å². The van der Waals surface area contributed by atoms with Crippen molar-refractivity contribution in [1.82, 2.24) is 9.47 Å². The summed E-state index contributed by atoms with van der Waals surface area (Å²) in [5.74, 6) is 0.599. The molecule has 1 fully saturated rings. The normalized spacial score (nSPS) is 21.3. The van der Waals surface area contributed by atoms with Gasteiger partial charge in [0, 0.05) is 50.3 Å². The van der Waals surface area contributed by atoms with Crippen molar-refractivity contribution in [2.24, 2.45) is 11.3 Å². The van der Waals surface area contributed by atoms with Gasteiger partial charge in [-0.15, -0.1) is 0 Å². The van der Waals surface area contributed by atoms with E-state index in [1.807, 2.05) is 53.6 Å². The number of piperidine rings is 1. The molecule has 4 rings (SSSR count). The summed E-state index contributed by atoms with van der Waals surface area (Å²) in [7, 11) is 0. The van der Waals surface area contributed by atoms with E-state index in [4.69, 9.17) is 0 Å². The van der Waals surface area contributed by atoms with E-state index in [9.17, 15) is 14.7 Å². The highest BCUT2D eigenvalue weighted by Crippen LogP contribution is 2.37. The molecule has 1 N–H and O–H groups in total. The fraction of sp³-hybridized carbons (Fsp3) is 0.478. The van der Waals surface area contributed by atoms with Crippen molar-refractivity contribution >= 4 is 5.91 Å². The van der Waals surface area contributed by atoms with Crippen LogP contribution in [0.5, 0.6) is 0 Å². The maximum Gasteiger partial charge on any atom is 0.251 e. The van der Waals surface area contributed by atoms with Gasteiger partial charge in [0.05, 0.1) is 0 Å². The molecular formula is C23H28N2O3. The standard InChI is InChI=1S/C23H28N2O3/c1-23(2,15-26)11-22(28)24-12-16-8-19(14-24)20-9-18(10-21(27)25(20)13-16)17-6-4-3-5-7-17/h3-7,9-10,16,19,26H,8,11-15H2,1-2H3/t16-,19+/m0/s1. The monoisotopic (exact) mass is 380 g/mol. The van der Waals surface area contributed by atoms with Crippen molar-refractivity contribution in [3.63, 3.8) is 0 Å². The number of aliphatic hydroxyl groups is 1. The molecule has 2 bridgehead atoms. The number of carbonyl (C=O) groups is 1. The molecular weight excluding hydrogens is 352 g/mol. The zero-order valence-electron chi connectivity index (χ0n) is 16.6. The van der Waals surface area contributed by atoms with Crippen molar-refractivity contribution in [3.8, 4) is 11.1 Å². The van der Waals surface area contributed by atoms with Crippen LogP contribution in [-0.2, 0) is 11.3 Å². The third kappa shape index (κ3) is 3.63. The Morgan fingerprint density at radius 3 is 2.57 bits per heavy atom. The summed E-state index contributed by atoms with van der Waals surface area (Å²) in [6.07, 6.45) is 1.37. The predicted molar refractivity (Wildman–Crippen MR) is 109 cm³/mol. The molecule has 3 heterocycles. The minimum Gasteiger partial charge on any atom is -0.396 e. The van der Waals surface area contributed by atoms with Crippen molar-refractivity contribution < 1.29 is 9.90 Å². The van der Waals surface area contributed by atoms with E-state index < -0.39 is 5.41 Å². The van der Waals surface area contributed by atoms with Gasteiger partial charge in [-0.05, 0) is 34.9 Å². The summed E-state index contributed by atoms with van der Waals surface area (Å²) in [5.41, 5.74) is 2.67. The average molecular weight is 380 g/mol. The van der Waals surface area contributed by atoms with E-state index >= 15 is 0 Å². The number of nitrogens with zero attached hydrogens (tertiary/aromatic N) is 2. The van der Waals surface area contributed by atoms with Gasteiger partial charge in [0.25, 0.3) is 5.56 Å². The highest BCUT2D eigenvalue weighted by atomic mass is 16.3. The van der Waals surface area contributed by atoms with Crippen LogP contribution < -0.4 is 5.56 Å². The fourth-order valence-electron chi connectivity index (χ4n) is 4.54. The molecule has 2 aliphatic heterocycles. The van der Waals surface area contributed by atoms with Crippen LogP contribution in [0.4, 0.5) is 0 Å². The molecule has 2 aromatic rings. The van der Waals surface area contributed by atoms with Crippen LogP contribution in [0, 0.1) is 11.3 Å². The number of likely N-dealkylation sites (tertiary alicyclic amines) is 1. The van der Waals surface area contributed by atoms with Gasteiger partial charge in [-0.2, -0.15) is 0 Å². The van der Waals surface area contributed by atoms with Crippen LogP contribution in [0.25, 0.3) is 11.1 Å². The lowest BCUT2D eigenvalue weighted by molar-refractivity contribution is -0.136. The summed E-state index contributed by atoms with van der Waals surface area (Å²) in [4.78, 5) is 27.5. The molecule has 5 heteroatoms. The van der Waals surface area contributed by atoms with Crippen LogP contribution >= 0.6 is 0 Å². The van der Waals surface area contributed by atoms with Crippen LogP contribution in [0.3, 0.4) is 0 Å². The van der Waals surface area contributed by atoms with Crippen molar-refractivity contribution in [3.05, 3.63) is 58.5 Å². The minimum atomic E-state index is -0.404. The van der Waals surface area contributed by atoms with Crippen LogP contribution in [0.2, 0.25) is 0 Å². The Morgan fingerprint density at radius 2 is 1.86 bits per heavy atom. The molecule has 1 amide bonds. The maximum absolute atomic E-state index is 12.8. The minimum absolute atomic E-state index is 0.00189. The van der Waals surface area contributed by atoms with E-state index in [0.717, 1.165) is 23.2 Å². The van der Waals surface area contributed by atoms with E-state index in [1.54, 1.807) is 6.07 Å². The van der Waals surface area contributed by atoms with E-state index in [0.29, 0.717) is 32.0 Å². The van der Waals surface area contributed by atoms with Gasteiger partial charge in [0.2, 0.25) is 5.91 Å². The van der Waals surface area contributed by atoms with Crippen molar-refractivity contribution in [1.29, 1.82) is 0 Å². The maximum atomic E-state index is 12.8. The predicted octanol–water partition coefficient (Wildman–Crippen LogP) is 2.87. The number of carbonyl (C=O) groups excluding carboxylic acids is 1. The first-order valence-electron chi connectivity index (χ1n) is 10.0. The first-order chi connectivity index (χ1) is 13.4. The van der Waals surface area contributed by atoms with Gasteiger partial charge in [-0.25, -0.2) is 0 Å². The number of fused-ring (bicyclic) bond motifs is 4. The fourth-order valence-corrected chi connectivity index (χ4v) is 4.54. The molecule has 0 spiro atoms. The zero-order chi connectivity index (χ0) is 19.9. The molecule has 0 unspecified atom stereocenters. The third-order valence-corrected chi connectivity index (χ3v) is 6.07. The smallest absolute Gasteiger partial charge is 0.251 e. The first kappa shape index (κ1) is 18.9. The second kappa shape index (κ2) is 7.21. The number of hydrogen-bond donors (Lipinski definition) is 1. The summed E-state index contributed by atoms with van der Waals surface area (Å²) in [6.45, 7) is 5.84. The summed E-state index contributed by atoms with van der Waals surface area (Å²) in [6, 6.07) is 13.8. The third-order valence-electron chi connectivity index (χ3n) is 6.07. The van der Waals surface area contributed by atoms with Gasteiger partial charge in [-0.1, -0.05) is 44.2 Å². The molecule has 2 aliphatic rings. The Balaban J connectivity index is 1.63. The number of benzene rings is 1. The quantitative estimate of drug-likeness (QED) is 0.887. The second-order valence-electron chi connectivity index (χ2n) is 9.08. The number of hydrogen-bond acceptors (Lipinski definition) is 3. The molecule has 0 saturated carbocycles. The number of amides is 1. The van der Waals surface area contributed by atoms with Crippen molar-refractivity contribution in [2.75, 3.05) is 19.7 Å². The lowest BCUT2D eigenvalue weighted by Crippen LogP contribution is -2.49. The zero-order valence-corrected chi connectivity index (χ0v) is 16.6. The van der Waals surface area contributed by atoms with Crippen LogP contribution in [-0.4, -0.2) is 40.2 Å². The lowest BCUT2D eigenvalue weighted by Gasteiger charge is -2.43. The topological polar surface area (TPSA) is 62.5 Å². The summed E-state index contributed by atoms with van der Waals surface area (Å²) >= 11 is 0. The molecule has 1 aromatic heterocycles. The Hall–Kier alpha value is -2.40. The van der Waals surface area contributed by atoms with Crippen LogP contribution in [0.1, 0.15) is 38.3 Å². The average Bonchev–Trinajstić information content (AvgIpc) is 2.69. The molecule has 1 aromatic carbocycles. The molecule has 0 radical (unpaired) electrons. The first-order valence-corrected chi connectivity index (χ1v) is 10.0. The van der Waals surface area contributed by atoms with E-state index in [-0.39, 0.29) is 24.0 Å². The van der Waals surface area contributed by atoms with Gasteiger partial charge < -0.3 is 14.6 Å². The Morgan fingerprint density at radius 1 is 1.11 bits per heavy atom. The Kier molecular flexibility index (Phi) is 4.88. The second-order valence-corrected chi connectivity index (χ2v) is 9.08. The number of rotatable bonds is 4. The molecule has 1 saturated heterocycles. The highest BCUT2D eigenvalue weighted by molar-refractivity contribution is 5.77. The van der Waals surface area contributed by atoms with E-state index in [1.165, 1.54) is 0 Å². The molecule has 2 atom stereocenters. The van der Waals surface area contributed by atoms with Crippen molar-refractivity contribution in [2.45, 2.75) is 39.2 Å². The van der Waals surface area contributed by atoms with Gasteiger partial charge in [0.15, 0.2) is 0 Å². The lowest BCUT2D eigenvalue weighted by atomic mass is 9.81. The number of pyridine rings is 1. The largest absolute Gasteiger partial charge is 0.396 e.